The maximum Gasteiger partial charge on any atom is 0.264 e. The van der Waals surface area contributed by atoms with Gasteiger partial charge in [0, 0.05) is 25.1 Å². The Hall–Kier alpha value is -4.50. The zero-order valence-electron chi connectivity index (χ0n) is 26.1. The standard InChI is InChI=1S/C36H40FN3O4S/c1-5-38-36(42)34(23-28-11-7-6-8-12-28)39(24-30-13-9-10-14-33(30)37)35(41)25-40(31-19-17-29(18-20-31)26(2)3)45(43,44)32-21-15-27(4)16-22-32/h6-22,26,34H,5,23-25H2,1-4H3,(H,38,42). The van der Waals surface area contributed by atoms with Crippen LogP contribution in [0.15, 0.2) is 108 Å². The van der Waals surface area contributed by atoms with E-state index in [1.807, 2.05) is 63.2 Å². The number of benzene rings is 4. The molecule has 9 heteroatoms. The van der Waals surface area contributed by atoms with Gasteiger partial charge in [0.1, 0.15) is 18.4 Å². The number of carbonyl (C=O) groups excluding carboxylic acids is 2. The minimum Gasteiger partial charge on any atom is -0.355 e. The monoisotopic (exact) mass is 629 g/mol. The van der Waals surface area contributed by atoms with E-state index in [-0.39, 0.29) is 29.3 Å². The van der Waals surface area contributed by atoms with E-state index in [0.717, 1.165) is 21.0 Å². The van der Waals surface area contributed by atoms with Crippen LogP contribution < -0.4 is 9.62 Å². The molecule has 1 N–H and O–H groups in total. The first-order chi connectivity index (χ1) is 21.5. The molecule has 0 saturated carbocycles. The van der Waals surface area contributed by atoms with E-state index in [4.69, 9.17) is 0 Å². The van der Waals surface area contributed by atoms with Crippen LogP contribution in [-0.2, 0) is 32.6 Å². The summed E-state index contributed by atoms with van der Waals surface area (Å²) >= 11 is 0. The van der Waals surface area contributed by atoms with Crippen LogP contribution in [0.25, 0.3) is 0 Å². The second-order valence-electron chi connectivity index (χ2n) is 11.3. The van der Waals surface area contributed by atoms with Crippen LogP contribution in [0.1, 0.15) is 48.9 Å². The van der Waals surface area contributed by atoms with Gasteiger partial charge in [-0.15, -0.1) is 0 Å². The molecule has 4 rings (SSSR count). The summed E-state index contributed by atoms with van der Waals surface area (Å²) in [5, 5.41) is 2.81. The van der Waals surface area contributed by atoms with Crippen LogP contribution in [0.4, 0.5) is 10.1 Å². The van der Waals surface area contributed by atoms with Crippen molar-refractivity contribution in [2.45, 2.75) is 57.5 Å². The molecule has 0 spiro atoms. The highest BCUT2D eigenvalue weighted by Crippen LogP contribution is 2.27. The molecule has 4 aromatic rings. The average Bonchev–Trinajstić information content (AvgIpc) is 3.03. The first-order valence-corrected chi connectivity index (χ1v) is 16.5. The molecule has 0 aliphatic heterocycles. The first kappa shape index (κ1) is 33.4. The lowest BCUT2D eigenvalue weighted by Gasteiger charge is -2.34. The van der Waals surface area contributed by atoms with Crippen LogP contribution in [-0.4, -0.2) is 44.3 Å². The molecule has 7 nitrogen and oxygen atoms in total. The number of hydrogen-bond donors (Lipinski definition) is 1. The van der Waals surface area contributed by atoms with Gasteiger partial charge in [-0.25, -0.2) is 12.8 Å². The number of anilines is 1. The van der Waals surface area contributed by atoms with E-state index in [9.17, 15) is 22.4 Å². The topological polar surface area (TPSA) is 86.8 Å². The van der Waals surface area contributed by atoms with Crippen molar-refractivity contribution in [1.82, 2.24) is 10.2 Å². The van der Waals surface area contributed by atoms with E-state index >= 15 is 0 Å². The predicted octanol–water partition coefficient (Wildman–Crippen LogP) is 6.23. The fraction of sp³-hybridized carbons (Fsp3) is 0.278. The first-order valence-electron chi connectivity index (χ1n) is 15.0. The molecule has 0 aliphatic carbocycles. The summed E-state index contributed by atoms with van der Waals surface area (Å²) in [6, 6.07) is 27.7. The summed E-state index contributed by atoms with van der Waals surface area (Å²) < 4.78 is 44.3. The SMILES string of the molecule is CCNC(=O)C(Cc1ccccc1)N(Cc1ccccc1F)C(=O)CN(c1ccc(C(C)C)cc1)S(=O)(=O)c1ccc(C)cc1. The fourth-order valence-electron chi connectivity index (χ4n) is 5.05. The second kappa shape index (κ2) is 15.0. The van der Waals surface area contributed by atoms with Gasteiger partial charge in [0.05, 0.1) is 10.6 Å². The highest BCUT2D eigenvalue weighted by molar-refractivity contribution is 7.92. The molecule has 45 heavy (non-hydrogen) atoms. The maximum absolute atomic E-state index is 15.0. The molecule has 0 heterocycles. The maximum atomic E-state index is 15.0. The van der Waals surface area contributed by atoms with Crippen LogP contribution in [0.3, 0.4) is 0 Å². The van der Waals surface area contributed by atoms with Crippen molar-refractivity contribution in [3.63, 3.8) is 0 Å². The van der Waals surface area contributed by atoms with E-state index in [0.29, 0.717) is 12.2 Å². The van der Waals surface area contributed by atoms with E-state index in [1.54, 1.807) is 49.4 Å². The van der Waals surface area contributed by atoms with Crippen LogP contribution in [0.5, 0.6) is 0 Å². The largest absolute Gasteiger partial charge is 0.355 e. The summed E-state index contributed by atoms with van der Waals surface area (Å²) in [5.41, 5.74) is 3.21. The predicted molar refractivity (Wildman–Crippen MR) is 176 cm³/mol. The quantitative estimate of drug-likeness (QED) is 0.190. The zero-order chi connectivity index (χ0) is 32.6. The van der Waals surface area contributed by atoms with E-state index in [1.165, 1.54) is 23.1 Å². The third kappa shape index (κ3) is 8.36. The molecule has 0 radical (unpaired) electrons. The number of amides is 2. The molecule has 0 aliphatic rings. The average molecular weight is 630 g/mol. The van der Waals surface area contributed by atoms with Crippen molar-refractivity contribution in [2.75, 3.05) is 17.4 Å². The molecule has 0 fully saturated rings. The summed E-state index contributed by atoms with van der Waals surface area (Å²) in [4.78, 5) is 29.3. The van der Waals surface area contributed by atoms with Crippen molar-refractivity contribution in [3.8, 4) is 0 Å². The van der Waals surface area contributed by atoms with Gasteiger partial charge in [-0.05, 0) is 61.2 Å². The Morgan fingerprint density at radius 3 is 2.07 bits per heavy atom. The summed E-state index contributed by atoms with van der Waals surface area (Å²) in [7, 11) is -4.22. The molecule has 2 amide bonds. The Morgan fingerprint density at radius 2 is 1.47 bits per heavy atom. The molecule has 4 aromatic carbocycles. The van der Waals surface area contributed by atoms with Crippen LogP contribution >= 0.6 is 0 Å². The molecule has 0 aromatic heterocycles. The van der Waals surface area contributed by atoms with Crippen molar-refractivity contribution in [3.05, 3.63) is 131 Å². The molecule has 0 bridgehead atoms. The van der Waals surface area contributed by atoms with E-state index < -0.39 is 40.2 Å². The molecular weight excluding hydrogens is 589 g/mol. The summed E-state index contributed by atoms with van der Waals surface area (Å²) in [5.74, 6) is -1.37. The van der Waals surface area contributed by atoms with Gasteiger partial charge in [-0.3, -0.25) is 13.9 Å². The third-order valence-corrected chi connectivity index (χ3v) is 9.44. The van der Waals surface area contributed by atoms with Crippen LogP contribution in [0.2, 0.25) is 0 Å². The smallest absolute Gasteiger partial charge is 0.264 e. The second-order valence-corrected chi connectivity index (χ2v) is 13.1. The van der Waals surface area contributed by atoms with Gasteiger partial charge in [0.15, 0.2) is 0 Å². The molecular formula is C36H40FN3O4S. The molecule has 236 valence electrons. The number of halogens is 1. The normalized spacial score (nSPS) is 12.0. The highest BCUT2D eigenvalue weighted by Gasteiger charge is 2.35. The Labute approximate surface area is 265 Å². The third-order valence-electron chi connectivity index (χ3n) is 7.66. The number of aryl methyl sites for hydroxylation is 1. The number of likely N-dealkylation sites (N-methyl/N-ethyl adjacent to an activating group) is 1. The van der Waals surface area contributed by atoms with E-state index in [2.05, 4.69) is 5.32 Å². The number of nitrogens with one attached hydrogen (secondary N) is 1. The zero-order valence-corrected chi connectivity index (χ0v) is 26.9. The molecule has 1 atom stereocenters. The molecule has 1 unspecified atom stereocenters. The van der Waals surface area contributed by atoms with Crippen molar-refractivity contribution in [2.24, 2.45) is 0 Å². The Morgan fingerprint density at radius 1 is 0.844 bits per heavy atom. The summed E-state index contributed by atoms with van der Waals surface area (Å²) in [6.45, 7) is 7.19. The summed E-state index contributed by atoms with van der Waals surface area (Å²) in [6.07, 6.45) is 0.153. The van der Waals surface area contributed by atoms with Gasteiger partial charge in [-0.1, -0.05) is 92.2 Å². The minimum absolute atomic E-state index is 0.0269. The van der Waals surface area contributed by atoms with Crippen LogP contribution in [0, 0.1) is 12.7 Å². The number of rotatable bonds is 13. The van der Waals surface area contributed by atoms with Gasteiger partial charge in [-0.2, -0.15) is 0 Å². The van der Waals surface area contributed by atoms with Crippen molar-refractivity contribution >= 4 is 27.5 Å². The van der Waals surface area contributed by atoms with Gasteiger partial charge < -0.3 is 10.2 Å². The number of carbonyl (C=O) groups is 2. The number of sulfonamides is 1. The molecule has 0 saturated heterocycles. The highest BCUT2D eigenvalue weighted by atomic mass is 32.2. The van der Waals surface area contributed by atoms with Gasteiger partial charge in [0.25, 0.3) is 10.0 Å². The van der Waals surface area contributed by atoms with Crippen molar-refractivity contribution in [1.29, 1.82) is 0 Å². The Kier molecular flexibility index (Phi) is 11.1. The van der Waals surface area contributed by atoms with Gasteiger partial charge >= 0.3 is 0 Å². The lowest BCUT2D eigenvalue weighted by molar-refractivity contribution is -0.140. The van der Waals surface area contributed by atoms with Gasteiger partial charge in [0.2, 0.25) is 11.8 Å². The fourth-order valence-corrected chi connectivity index (χ4v) is 6.46. The number of nitrogens with zero attached hydrogens (tertiary/aromatic N) is 2. The Bertz CT molecular complexity index is 1690. The minimum atomic E-state index is -4.22. The lowest BCUT2D eigenvalue weighted by atomic mass is 10.0. The number of hydrogen-bond acceptors (Lipinski definition) is 4. The lowest BCUT2D eigenvalue weighted by Crippen LogP contribution is -2.53. The Balaban J connectivity index is 1.81. The van der Waals surface area contributed by atoms with Crippen molar-refractivity contribution < 1.29 is 22.4 Å².